The molecule has 5 heteroatoms. The van der Waals surface area contributed by atoms with Gasteiger partial charge in [0.2, 0.25) is 0 Å². The van der Waals surface area contributed by atoms with Gasteiger partial charge in [-0.3, -0.25) is 4.90 Å². The van der Waals surface area contributed by atoms with Gasteiger partial charge in [-0.1, -0.05) is 25.5 Å². The third-order valence-electron chi connectivity index (χ3n) is 4.35. The Balaban J connectivity index is 1.95. The standard InChI is InChI=1S/C18H29N3O2/c1-3-4-11-19-18(22)20-14-17(21-12-5-6-13-21)15-7-9-16(23-2)10-8-15/h7-10,17H,3-6,11-14H2,1-2H3,(H2,19,20,22)/t17-/m1/s1. The molecule has 2 amide bonds. The molecule has 1 aliphatic rings. The van der Waals surface area contributed by atoms with Gasteiger partial charge >= 0.3 is 6.03 Å². The molecule has 1 atom stereocenters. The number of benzene rings is 1. The maximum absolute atomic E-state index is 11.9. The summed E-state index contributed by atoms with van der Waals surface area (Å²) in [5, 5.41) is 5.93. The van der Waals surface area contributed by atoms with Gasteiger partial charge in [-0.25, -0.2) is 4.79 Å². The maximum Gasteiger partial charge on any atom is 0.314 e. The minimum atomic E-state index is -0.0730. The lowest BCUT2D eigenvalue weighted by molar-refractivity contribution is 0.220. The van der Waals surface area contributed by atoms with Crippen LogP contribution in [0.1, 0.15) is 44.2 Å². The number of hydrogen-bond acceptors (Lipinski definition) is 3. The zero-order valence-electron chi connectivity index (χ0n) is 14.3. The van der Waals surface area contributed by atoms with Crippen LogP contribution in [0.2, 0.25) is 0 Å². The number of nitrogens with one attached hydrogen (secondary N) is 2. The summed E-state index contributed by atoms with van der Waals surface area (Å²) >= 11 is 0. The molecule has 1 aromatic carbocycles. The second-order valence-corrected chi connectivity index (χ2v) is 6.02. The van der Waals surface area contributed by atoms with E-state index in [1.54, 1.807) is 7.11 Å². The van der Waals surface area contributed by atoms with Crippen molar-refractivity contribution in [2.75, 3.05) is 33.3 Å². The minimum absolute atomic E-state index is 0.0730. The highest BCUT2D eigenvalue weighted by Crippen LogP contribution is 2.26. The predicted octanol–water partition coefficient (Wildman–Crippen LogP) is 2.93. The molecule has 1 saturated heterocycles. The Kier molecular flexibility index (Phi) is 7.20. The number of rotatable bonds is 8. The Bertz CT molecular complexity index is 470. The Morgan fingerprint density at radius 2 is 1.91 bits per heavy atom. The zero-order valence-corrected chi connectivity index (χ0v) is 14.3. The minimum Gasteiger partial charge on any atom is -0.497 e. The van der Waals surface area contributed by atoms with Gasteiger partial charge in [-0.05, 0) is 50.0 Å². The SMILES string of the molecule is CCCCNC(=O)NC[C@H](c1ccc(OC)cc1)N1CCCC1. The Hall–Kier alpha value is -1.75. The summed E-state index contributed by atoms with van der Waals surface area (Å²) in [5.74, 6) is 0.860. The lowest BCUT2D eigenvalue weighted by atomic mass is 10.1. The van der Waals surface area contributed by atoms with Crippen LogP contribution < -0.4 is 15.4 Å². The first-order valence-corrected chi connectivity index (χ1v) is 8.64. The first-order chi connectivity index (χ1) is 11.2. The average Bonchev–Trinajstić information content (AvgIpc) is 3.10. The first-order valence-electron chi connectivity index (χ1n) is 8.64. The monoisotopic (exact) mass is 319 g/mol. The van der Waals surface area contributed by atoms with E-state index in [9.17, 15) is 4.79 Å². The average molecular weight is 319 g/mol. The number of methoxy groups -OCH3 is 1. The number of likely N-dealkylation sites (tertiary alicyclic amines) is 1. The number of urea groups is 1. The van der Waals surface area contributed by atoms with Gasteiger partial charge in [-0.15, -0.1) is 0 Å². The van der Waals surface area contributed by atoms with Crippen LogP contribution in [0.25, 0.3) is 0 Å². The van der Waals surface area contributed by atoms with E-state index in [1.807, 2.05) is 12.1 Å². The van der Waals surface area contributed by atoms with Crippen LogP contribution in [0, 0.1) is 0 Å². The lowest BCUT2D eigenvalue weighted by Crippen LogP contribution is -2.41. The van der Waals surface area contributed by atoms with Gasteiger partial charge in [0, 0.05) is 13.1 Å². The first kappa shape index (κ1) is 17.6. The van der Waals surface area contributed by atoms with E-state index in [-0.39, 0.29) is 12.1 Å². The van der Waals surface area contributed by atoms with Crippen LogP contribution in [-0.2, 0) is 0 Å². The number of amides is 2. The molecule has 0 saturated carbocycles. The number of unbranched alkanes of at least 4 members (excludes halogenated alkanes) is 1. The summed E-state index contributed by atoms with van der Waals surface area (Å²) in [4.78, 5) is 14.4. The number of hydrogen-bond donors (Lipinski definition) is 2. The Morgan fingerprint density at radius 1 is 1.22 bits per heavy atom. The van der Waals surface area contributed by atoms with Crippen molar-refractivity contribution in [3.05, 3.63) is 29.8 Å². The highest BCUT2D eigenvalue weighted by molar-refractivity contribution is 5.73. The lowest BCUT2D eigenvalue weighted by Gasteiger charge is -2.28. The van der Waals surface area contributed by atoms with Gasteiger partial charge in [-0.2, -0.15) is 0 Å². The van der Waals surface area contributed by atoms with E-state index in [0.717, 1.165) is 38.2 Å². The molecule has 0 aromatic heterocycles. The summed E-state index contributed by atoms with van der Waals surface area (Å²) in [5.41, 5.74) is 1.22. The molecule has 0 radical (unpaired) electrons. The molecule has 1 aliphatic heterocycles. The summed E-state index contributed by atoms with van der Waals surface area (Å²) in [6.07, 6.45) is 4.56. The van der Waals surface area contributed by atoms with E-state index < -0.39 is 0 Å². The van der Waals surface area contributed by atoms with Crippen molar-refractivity contribution in [1.82, 2.24) is 15.5 Å². The molecule has 1 aromatic rings. The molecular weight excluding hydrogens is 290 g/mol. The fourth-order valence-electron chi connectivity index (χ4n) is 2.97. The zero-order chi connectivity index (χ0) is 16.5. The second kappa shape index (κ2) is 9.40. The van der Waals surface area contributed by atoms with E-state index in [0.29, 0.717) is 6.54 Å². The molecule has 1 heterocycles. The molecule has 1 fully saturated rings. The molecule has 2 N–H and O–H groups in total. The molecule has 5 nitrogen and oxygen atoms in total. The Morgan fingerprint density at radius 3 is 2.52 bits per heavy atom. The molecule has 128 valence electrons. The fraction of sp³-hybridized carbons (Fsp3) is 0.611. The smallest absolute Gasteiger partial charge is 0.314 e. The van der Waals surface area contributed by atoms with Crippen molar-refractivity contribution in [3.63, 3.8) is 0 Å². The summed E-state index contributed by atoms with van der Waals surface area (Å²) in [6.45, 7) is 5.67. The third-order valence-corrected chi connectivity index (χ3v) is 4.35. The highest BCUT2D eigenvalue weighted by Gasteiger charge is 2.23. The van der Waals surface area contributed by atoms with Crippen LogP contribution in [0.5, 0.6) is 5.75 Å². The van der Waals surface area contributed by atoms with Gasteiger partial charge < -0.3 is 15.4 Å². The number of ether oxygens (including phenoxy) is 1. The highest BCUT2D eigenvalue weighted by atomic mass is 16.5. The van der Waals surface area contributed by atoms with E-state index in [1.165, 1.54) is 18.4 Å². The fourth-order valence-corrected chi connectivity index (χ4v) is 2.97. The molecule has 0 spiro atoms. The molecular formula is C18H29N3O2. The second-order valence-electron chi connectivity index (χ2n) is 6.02. The van der Waals surface area contributed by atoms with Crippen LogP contribution >= 0.6 is 0 Å². The quantitative estimate of drug-likeness (QED) is 0.724. The topological polar surface area (TPSA) is 53.6 Å². The van der Waals surface area contributed by atoms with Crippen LogP contribution in [0.15, 0.2) is 24.3 Å². The molecule has 2 rings (SSSR count). The van der Waals surface area contributed by atoms with Crippen molar-refractivity contribution in [2.24, 2.45) is 0 Å². The third kappa shape index (κ3) is 5.43. The van der Waals surface area contributed by atoms with Crippen molar-refractivity contribution < 1.29 is 9.53 Å². The molecule has 0 bridgehead atoms. The summed E-state index contributed by atoms with van der Waals surface area (Å²) < 4.78 is 5.23. The van der Waals surface area contributed by atoms with Gasteiger partial charge in [0.05, 0.1) is 13.2 Å². The molecule has 23 heavy (non-hydrogen) atoms. The van der Waals surface area contributed by atoms with Gasteiger partial charge in [0.15, 0.2) is 0 Å². The normalized spacial score (nSPS) is 16.1. The number of carbonyl (C=O) groups excluding carboxylic acids is 1. The van der Waals surface area contributed by atoms with Crippen LogP contribution in [-0.4, -0.2) is 44.2 Å². The van der Waals surface area contributed by atoms with Crippen molar-refractivity contribution >= 4 is 6.03 Å². The molecule has 0 unspecified atom stereocenters. The van der Waals surface area contributed by atoms with E-state index in [2.05, 4.69) is 34.6 Å². The maximum atomic E-state index is 11.9. The van der Waals surface area contributed by atoms with E-state index in [4.69, 9.17) is 4.74 Å². The largest absolute Gasteiger partial charge is 0.497 e. The predicted molar refractivity (Wildman–Crippen MR) is 92.9 cm³/mol. The van der Waals surface area contributed by atoms with Crippen LogP contribution in [0.4, 0.5) is 4.79 Å². The van der Waals surface area contributed by atoms with E-state index >= 15 is 0 Å². The summed E-state index contributed by atoms with van der Waals surface area (Å²) in [6, 6.07) is 8.31. The molecule has 0 aliphatic carbocycles. The number of carbonyl (C=O) groups is 1. The van der Waals surface area contributed by atoms with Crippen molar-refractivity contribution in [2.45, 2.75) is 38.6 Å². The summed E-state index contributed by atoms with van der Waals surface area (Å²) in [7, 11) is 1.68. The van der Waals surface area contributed by atoms with Crippen molar-refractivity contribution in [1.29, 1.82) is 0 Å². The van der Waals surface area contributed by atoms with Gasteiger partial charge in [0.25, 0.3) is 0 Å². The number of nitrogens with zero attached hydrogens (tertiary/aromatic N) is 1. The Labute approximate surface area is 139 Å². The van der Waals surface area contributed by atoms with Crippen molar-refractivity contribution in [3.8, 4) is 5.75 Å². The van der Waals surface area contributed by atoms with Gasteiger partial charge in [0.1, 0.15) is 5.75 Å². The van der Waals surface area contributed by atoms with Crippen LogP contribution in [0.3, 0.4) is 0 Å².